The van der Waals surface area contributed by atoms with Crippen molar-refractivity contribution in [3.63, 3.8) is 0 Å². The van der Waals surface area contributed by atoms with Crippen LogP contribution >= 0.6 is 11.3 Å². The van der Waals surface area contributed by atoms with Gasteiger partial charge in [0.25, 0.3) is 11.6 Å². The largest absolute Gasteiger partial charge is 0.449 e. The number of benzene rings is 1. The fourth-order valence-corrected chi connectivity index (χ4v) is 4.59. The van der Waals surface area contributed by atoms with Crippen molar-refractivity contribution in [1.82, 2.24) is 10.1 Å². The minimum Gasteiger partial charge on any atom is -0.449 e. The van der Waals surface area contributed by atoms with E-state index in [1.54, 1.807) is 31.3 Å². The molecule has 0 aliphatic carbocycles. The number of pyridine rings is 1. The maximum absolute atomic E-state index is 13.2. The lowest BCUT2D eigenvalue weighted by molar-refractivity contribution is -0.123. The molecule has 1 aromatic carbocycles. The number of anilines is 1. The highest BCUT2D eigenvalue weighted by Crippen LogP contribution is 2.33. The number of nitrogens with zero attached hydrogens (tertiary/aromatic N) is 2. The highest BCUT2D eigenvalue weighted by atomic mass is 32.1. The third-order valence-electron chi connectivity index (χ3n) is 5.46. The molecule has 0 saturated heterocycles. The summed E-state index contributed by atoms with van der Waals surface area (Å²) in [5.74, 6) is -1.04. The summed E-state index contributed by atoms with van der Waals surface area (Å²) in [6.45, 7) is 11.2. The van der Waals surface area contributed by atoms with Crippen molar-refractivity contribution in [3.8, 4) is 11.3 Å². The molecule has 4 aromatic rings. The lowest BCUT2D eigenvalue weighted by Gasteiger charge is -2.15. The van der Waals surface area contributed by atoms with Crippen LogP contribution in [0.4, 0.5) is 5.69 Å². The molecule has 0 aliphatic rings. The summed E-state index contributed by atoms with van der Waals surface area (Å²) in [6, 6.07) is 9.48. The smallest absolute Gasteiger partial charge is 0.339 e. The second-order valence-electron chi connectivity index (χ2n) is 8.19. The second kappa shape index (κ2) is 8.78. The van der Waals surface area contributed by atoms with Crippen LogP contribution in [0.25, 0.3) is 22.4 Å². The highest BCUT2D eigenvalue weighted by molar-refractivity contribution is 7.12. The maximum Gasteiger partial charge on any atom is 0.339 e. The van der Waals surface area contributed by atoms with Gasteiger partial charge in [0, 0.05) is 21.0 Å². The lowest BCUT2D eigenvalue weighted by Crippen LogP contribution is -2.30. The number of thiophene rings is 1. The van der Waals surface area contributed by atoms with Gasteiger partial charge in [0.2, 0.25) is 0 Å². The zero-order valence-electron chi connectivity index (χ0n) is 19.4. The third-order valence-corrected chi connectivity index (χ3v) is 6.42. The molecule has 1 unspecified atom stereocenters. The summed E-state index contributed by atoms with van der Waals surface area (Å²) in [5, 5.41) is 7.29. The number of amides is 1. The summed E-state index contributed by atoms with van der Waals surface area (Å²) >= 11 is 1.65. The Hall–Kier alpha value is -3.52. The summed E-state index contributed by atoms with van der Waals surface area (Å²) in [7, 11) is 0. The van der Waals surface area contributed by atoms with E-state index in [9.17, 15) is 9.59 Å². The number of hydrogen-bond donors (Lipinski definition) is 1. The molecule has 1 amide bonds. The van der Waals surface area contributed by atoms with Crippen molar-refractivity contribution in [2.45, 2.75) is 47.6 Å². The minimum atomic E-state index is -1.01. The predicted octanol–water partition coefficient (Wildman–Crippen LogP) is 5.68. The number of hydrogen-bond acceptors (Lipinski definition) is 7. The van der Waals surface area contributed by atoms with Crippen molar-refractivity contribution < 1.29 is 18.8 Å². The molecule has 0 aliphatic heterocycles. The van der Waals surface area contributed by atoms with E-state index in [-0.39, 0.29) is 11.3 Å². The van der Waals surface area contributed by atoms with Gasteiger partial charge in [-0.2, -0.15) is 0 Å². The first-order valence-corrected chi connectivity index (χ1v) is 11.4. The Morgan fingerprint density at radius 1 is 1.09 bits per heavy atom. The number of rotatable bonds is 5. The average Bonchev–Trinajstić information content (AvgIpc) is 3.31. The van der Waals surface area contributed by atoms with Crippen LogP contribution in [0.1, 0.15) is 43.9 Å². The molecule has 3 aromatic heterocycles. The molecule has 0 bridgehead atoms. The van der Waals surface area contributed by atoms with E-state index < -0.39 is 18.0 Å². The summed E-state index contributed by atoms with van der Waals surface area (Å²) < 4.78 is 10.9. The molecule has 1 N–H and O–H groups in total. The zero-order valence-corrected chi connectivity index (χ0v) is 20.2. The molecule has 3 heterocycles. The van der Waals surface area contributed by atoms with Gasteiger partial charge in [0.1, 0.15) is 0 Å². The standard InChI is InChI=1S/C25H25N3O4S/c1-12-7-8-13(2)20(9-12)26-23(29)16(5)31-25(30)19-11-21(18-10-14(3)33-17(18)6)27-24-22(19)15(4)28-32-24/h7-11,16H,1-6H3,(H,26,29). The van der Waals surface area contributed by atoms with Crippen molar-refractivity contribution >= 4 is 40.0 Å². The Morgan fingerprint density at radius 2 is 1.85 bits per heavy atom. The molecule has 1 atom stereocenters. The molecule has 7 nitrogen and oxygen atoms in total. The number of ether oxygens (including phenoxy) is 1. The van der Waals surface area contributed by atoms with Gasteiger partial charge in [-0.1, -0.05) is 17.3 Å². The number of aryl methyl sites for hydroxylation is 5. The molecule has 8 heteroatoms. The van der Waals surface area contributed by atoms with Crippen molar-refractivity contribution in [2.24, 2.45) is 0 Å². The van der Waals surface area contributed by atoms with E-state index in [1.807, 2.05) is 52.0 Å². The molecule has 0 radical (unpaired) electrons. The van der Waals surface area contributed by atoms with E-state index >= 15 is 0 Å². The van der Waals surface area contributed by atoms with Crippen molar-refractivity contribution in [1.29, 1.82) is 0 Å². The normalized spacial score (nSPS) is 12.1. The number of carbonyl (C=O) groups excluding carboxylic acids is 2. The van der Waals surface area contributed by atoms with Crippen LogP contribution in [-0.4, -0.2) is 28.1 Å². The molecule has 0 spiro atoms. The molecule has 0 fully saturated rings. The minimum absolute atomic E-state index is 0.257. The van der Waals surface area contributed by atoms with Gasteiger partial charge in [-0.3, -0.25) is 4.79 Å². The fourth-order valence-electron chi connectivity index (χ4n) is 3.66. The van der Waals surface area contributed by atoms with E-state index in [2.05, 4.69) is 15.5 Å². The van der Waals surface area contributed by atoms with Crippen LogP contribution in [0.15, 0.2) is 34.9 Å². The number of carbonyl (C=O) groups is 2. The molecule has 4 rings (SSSR count). The van der Waals surface area contributed by atoms with Crippen LogP contribution in [0.5, 0.6) is 0 Å². The first-order chi connectivity index (χ1) is 15.6. The maximum atomic E-state index is 13.2. The van der Waals surface area contributed by atoms with Crippen LogP contribution in [0.2, 0.25) is 0 Å². The topological polar surface area (TPSA) is 94.3 Å². The Balaban J connectivity index is 1.63. The van der Waals surface area contributed by atoms with Crippen LogP contribution in [0, 0.1) is 34.6 Å². The average molecular weight is 464 g/mol. The van der Waals surface area contributed by atoms with Gasteiger partial charge < -0.3 is 14.6 Å². The molecule has 170 valence electrons. The monoisotopic (exact) mass is 463 g/mol. The molecule has 0 saturated carbocycles. The number of fused-ring (bicyclic) bond motifs is 1. The zero-order chi connectivity index (χ0) is 23.9. The van der Waals surface area contributed by atoms with Gasteiger partial charge in [-0.05, 0) is 70.9 Å². The SMILES string of the molecule is Cc1ccc(C)c(NC(=O)C(C)OC(=O)c2cc(-c3cc(C)sc3C)nc3onc(C)c23)c1. The van der Waals surface area contributed by atoms with Crippen LogP contribution < -0.4 is 5.32 Å². The van der Waals surface area contributed by atoms with Gasteiger partial charge in [-0.25, -0.2) is 9.78 Å². The quantitative estimate of drug-likeness (QED) is 0.383. The Kier molecular flexibility index (Phi) is 6.03. The van der Waals surface area contributed by atoms with Crippen molar-refractivity contribution in [3.05, 3.63) is 62.5 Å². The van der Waals surface area contributed by atoms with Crippen molar-refractivity contribution in [2.75, 3.05) is 5.32 Å². The van der Waals surface area contributed by atoms with E-state index in [0.29, 0.717) is 22.5 Å². The summed E-state index contributed by atoms with van der Waals surface area (Å²) in [6.07, 6.45) is -1.01. The van der Waals surface area contributed by atoms with E-state index in [0.717, 1.165) is 26.4 Å². The summed E-state index contributed by atoms with van der Waals surface area (Å²) in [5.41, 5.74) is 5.21. The number of esters is 1. The van der Waals surface area contributed by atoms with E-state index in [4.69, 9.17) is 9.26 Å². The third kappa shape index (κ3) is 4.52. The highest BCUT2D eigenvalue weighted by Gasteiger charge is 2.25. The molecule has 33 heavy (non-hydrogen) atoms. The summed E-state index contributed by atoms with van der Waals surface area (Å²) in [4.78, 5) is 32.7. The van der Waals surface area contributed by atoms with Crippen LogP contribution in [0.3, 0.4) is 0 Å². The Morgan fingerprint density at radius 3 is 2.55 bits per heavy atom. The van der Waals surface area contributed by atoms with Gasteiger partial charge in [0.05, 0.1) is 22.3 Å². The van der Waals surface area contributed by atoms with Gasteiger partial charge in [0.15, 0.2) is 6.10 Å². The Labute approximate surface area is 195 Å². The molecular formula is C25H25N3O4S. The second-order valence-corrected chi connectivity index (χ2v) is 9.65. The first kappa shape index (κ1) is 22.7. The van der Waals surface area contributed by atoms with Gasteiger partial charge in [-0.15, -0.1) is 11.3 Å². The van der Waals surface area contributed by atoms with E-state index in [1.165, 1.54) is 0 Å². The predicted molar refractivity (Wildman–Crippen MR) is 129 cm³/mol. The van der Waals surface area contributed by atoms with Gasteiger partial charge >= 0.3 is 5.97 Å². The number of aromatic nitrogens is 2. The Bertz CT molecular complexity index is 1390. The lowest BCUT2D eigenvalue weighted by atomic mass is 10.1. The van der Waals surface area contributed by atoms with Crippen LogP contribution in [-0.2, 0) is 9.53 Å². The first-order valence-electron chi connectivity index (χ1n) is 10.6. The molecular weight excluding hydrogens is 438 g/mol. The number of nitrogens with one attached hydrogen (secondary N) is 1. The fraction of sp³-hybridized carbons (Fsp3) is 0.280.